The predicted octanol–water partition coefficient (Wildman–Crippen LogP) is 2.50. The third-order valence-corrected chi connectivity index (χ3v) is 4.16. The molecule has 0 radical (unpaired) electrons. The molecule has 0 amide bonds. The summed E-state index contributed by atoms with van der Waals surface area (Å²) in [4.78, 5) is 7.85. The van der Waals surface area contributed by atoms with Crippen LogP contribution >= 0.6 is 0 Å². The van der Waals surface area contributed by atoms with E-state index < -0.39 is 15.7 Å². The second kappa shape index (κ2) is 6.31. The highest BCUT2D eigenvalue weighted by atomic mass is 32.2. The summed E-state index contributed by atoms with van der Waals surface area (Å²) in [5.41, 5.74) is 7.12. The van der Waals surface area contributed by atoms with Crippen molar-refractivity contribution in [2.45, 2.75) is 25.5 Å². The van der Waals surface area contributed by atoms with Gasteiger partial charge in [-0.1, -0.05) is 0 Å². The van der Waals surface area contributed by atoms with E-state index in [0.29, 0.717) is 16.8 Å². The van der Waals surface area contributed by atoms with Crippen molar-refractivity contribution >= 4 is 22.6 Å². The maximum Gasteiger partial charge on any atom is 0.219 e. The van der Waals surface area contributed by atoms with E-state index in [-0.39, 0.29) is 11.8 Å². The molecule has 1 aromatic heterocycles. The Bertz CT molecular complexity index is 658. The predicted molar refractivity (Wildman–Crippen MR) is 86.4 cm³/mol. The molecule has 0 spiro atoms. The van der Waals surface area contributed by atoms with Crippen LogP contribution in [-0.2, 0) is 11.0 Å². The Labute approximate surface area is 131 Å². The lowest BCUT2D eigenvalue weighted by Crippen LogP contribution is -2.21. The van der Waals surface area contributed by atoms with Gasteiger partial charge >= 0.3 is 0 Å². The van der Waals surface area contributed by atoms with Crippen molar-refractivity contribution in [2.24, 2.45) is 4.40 Å². The van der Waals surface area contributed by atoms with Gasteiger partial charge in [0.25, 0.3) is 0 Å². The Balaban J connectivity index is 2.54. The zero-order chi connectivity index (χ0) is 16.3. The van der Waals surface area contributed by atoms with E-state index in [4.69, 9.17) is 5.73 Å². The molecule has 0 saturated heterocycles. The quantitative estimate of drug-likeness (QED) is 0.881. The molecule has 0 fully saturated rings. The van der Waals surface area contributed by atoms with Gasteiger partial charge in [0.2, 0.25) is 5.95 Å². The molecule has 5 nitrogen and oxygen atoms in total. The lowest BCUT2D eigenvalue weighted by molar-refractivity contribution is 0.628. The van der Waals surface area contributed by atoms with Gasteiger partial charge in [-0.25, -0.2) is 18.6 Å². The van der Waals surface area contributed by atoms with Crippen molar-refractivity contribution in [3.63, 3.8) is 0 Å². The van der Waals surface area contributed by atoms with Gasteiger partial charge in [0.05, 0.1) is 10.5 Å². The topological polar surface area (TPSA) is 81.2 Å². The summed E-state index contributed by atoms with van der Waals surface area (Å²) in [6.45, 7) is 5.48. The lowest BCUT2D eigenvalue weighted by Gasteiger charge is -2.15. The minimum Gasteiger partial charge on any atom is -0.368 e. The van der Waals surface area contributed by atoms with E-state index in [1.165, 1.54) is 24.5 Å². The van der Waals surface area contributed by atoms with Gasteiger partial charge in [-0.05, 0) is 45.0 Å². The molecular weight excluding hydrogens is 303 g/mol. The summed E-state index contributed by atoms with van der Waals surface area (Å²) in [6, 6.07) is 5.79. The second-order valence-electron chi connectivity index (χ2n) is 5.64. The van der Waals surface area contributed by atoms with Crippen molar-refractivity contribution < 1.29 is 8.60 Å². The second-order valence-corrected chi connectivity index (χ2v) is 7.54. The fraction of sp³-hybridized carbons (Fsp3) is 0.267. The number of halogens is 1. The van der Waals surface area contributed by atoms with Crippen molar-refractivity contribution in [2.75, 3.05) is 5.73 Å². The average molecular weight is 320 g/mol. The molecule has 1 heterocycles. The largest absolute Gasteiger partial charge is 0.368 e. The number of nitrogen functional groups attached to an aromatic ring is 1. The average Bonchev–Trinajstić information content (AvgIpc) is 2.46. The fourth-order valence-corrected chi connectivity index (χ4v) is 2.21. The number of aromatic nitrogens is 2. The van der Waals surface area contributed by atoms with E-state index in [1.54, 1.807) is 12.1 Å². The van der Waals surface area contributed by atoms with Crippen LogP contribution in [0.2, 0.25) is 0 Å². The zero-order valence-electron chi connectivity index (χ0n) is 12.6. The SMILES string of the molecule is CC(C)(C)[S@](=O)/N=C(\c1ccc(F)cc1)c1cnc(N)nc1. The number of benzene rings is 1. The number of hydrogen-bond donors (Lipinski definition) is 1. The first-order valence-corrected chi connectivity index (χ1v) is 7.72. The van der Waals surface area contributed by atoms with Crippen molar-refractivity contribution in [3.8, 4) is 0 Å². The van der Waals surface area contributed by atoms with Crippen LogP contribution < -0.4 is 5.73 Å². The molecule has 0 bridgehead atoms. The van der Waals surface area contributed by atoms with Gasteiger partial charge in [0.1, 0.15) is 16.8 Å². The minimum atomic E-state index is -1.47. The first kappa shape index (κ1) is 16.2. The Morgan fingerprint density at radius 2 is 1.68 bits per heavy atom. The first-order chi connectivity index (χ1) is 10.3. The minimum absolute atomic E-state index is 0.138. The van der Waals surface area contributed by atoms with Crippen LogP contribution in [-0.4, -0.2) is 24.6 Å². The number of anilines is 1. The molecule has 2 aromatic rings. The molecular formula is C15H17FN4OS. The first-order valence-electron chi connectivity index (χ1n) is 6.62. The van der Waals surface area contributed by atoms with Crippen molar-refractivity contribution in [1.82, 2.24) is 9.97 Å². The molecule has 0 unspecified atom stereocenters. The normalized spacial score (nSPS) is 13.9. The Morgan fingerprint density at radius 1 is 1.14 bits per heavy atom. The number of rotatable bonds is 3. The van der Waals surface area contributed by atoms with E-state index >= 15 is 0 Å². The highest BCUT2D eigenvalue weighted by Gasteiger charge is 2.21. The van der Waals surface area contributed by atoms with E-state index in [2.05, 4.69) is 14.4 Å². The number of nitrogens with zero attached hydrogens (tertiary/aromatic N) is 3. The summed E-state index contributed by atoms with van der Waals surface area (Å²) in [5.74, 6) is -0.215. The monoisotopic (exact) mass is 320 g/mol. The Morgan fingerprint density at radius 3 is 2.18 bits per heavy atom. The lowest BCUT2D eigenvalue weighted by atomic mass is 10.1. The third-order valence-electron chi connectivity index (χ3n) is 2.76. The summed E-state index contributed by atoms with van der Waals surface area (Å²) >= 11 is 0. The molecule has 0 aliphatic heterocycles. The molecule has 2 rings (SSSR count). The van der Waals surface area contributed by atoms with Crippen molar-refractivity contribution in [1.29, 1.82) is 0 Å². The molecule has 116 valence electrons. The summed E-state index contributed by atoms with van der Waals surface area (Å²) in [5, 5.41) is 0. The van der Waals surface area contributed by atoms with Gasteiger partial charge in [-0.15, -0.1) is 0 Å². The fourth-order valence-electron chi connectivity index (χ4n) is 1.56. The molecule has 7 heteroatoms. The highest BCUT2D eigenvalue weighted by molar-refractivity contribution is 7.85. The smallest absolute Gasteiger partial charge is 0.219 e. The molecule has 0 aliphatic carbocycles. The highest BCUT2D eigenvalue weighted by Crippen LogP contribution is 2.17. The van der Waals surface area contributed by atoms with E-state index in [9.17, 15) is 8.60 Å². The maximum atomic E-state index is 13.1. The number of hydrogen-bond acceptors (Lipinski definition) is 4. The van der Waals surface area contributed by atoms with Crippen LogP contribution in [0.15, 0.2) is 41.1 Å². The molecule has 1 aromatic carbocycles. The standard InChI is InChI=1S/C15H17FN4OS/c1-15(2,3)22(21)20-13(10-4-6-12(16)7-5-10)11-8-18-14(17)19-9-11/h4-9H,1-3H3,(H2,17,18,19)/b20-13+/t22-/m0/s1. The van der Waals surface area contributed by atoms with Crippen molar-refractivity contribution in [3.05, 3.63) is 53.6 Å². The van der Waals surface area contributed by atoms with E-state index in [0.717, 1.165) is 0 Å². The van der Waals surface area contributed by atoms with Gasteiger partial charge in [0, 0.05) is 23.5 Å². The van der Waals surface area contributed by atoms with Gasteiger partial charge in [0.15, 0.2) is 0 Å². The zero-order valence-corrected chi connectivity index (χ0v) is 13.4. The summed E-state index contributed by atoms with van der Waals surface area (Å²) in [7, 11) is -1.47. The van der Waals surface area contributed by atoms with Crippen LogP contribution in [0.25, 0.3) is 0 Å². The van der Waals surface area contributed by atoms with Crippen LogP contribution in [0.5, 0.6) is 0 Å². The molecule has 0 saturated carbocycles. The van der Waals surface area contributed by atoms with Crippen LogP contribution in [0.4, 0.5) is 10.3 Å². The Kier molecular flexibility index (Phi) is 4.65. The third kappa shape index (κ3) is 3.94. The Hall–Kier alpha value is -2.15. The summed E-state index contributed by atoms with van der Waals surface area (Å²) in [6.07, 6.45) is 3.01. The van der Waals surface area contributed by atoms with Crippen LogP contribution in [0.3, 0.4) is 0 Å². The van der Waals surface area contributed by atoms with E-state index in [1.807, 2.05) is 20.8 Å². The maximum absolute atomic E-state index is 13.1. The number of nitrogens with two attached hydrogens (primary N) is 1. The molecule has 22 heavy (non-hydrogen) atoms. The summed E-state index contributed by atoms with van der Waals surface area (Å²) < 4.78 is 29.2. The van der Waals surface area contributed by atoms with Gasteiger partial charge in [-0.3, -0.25) is 0 Å². The molecule has 2 N–H and O–H groups in total. The van der Waals surface area contributed by atoms with Crippen LogP contribution in [0.1, 0.15) is 31.9 Å². The molecule has 0 aliphatic rings. The van der Waals surface area contributed by atoms with Gasteiger partial charge < -0.3 is 5.73 Å². The van der Waals surface area contributed by atoms with Crippen LogP contribution in [0, 0.1) is 5.82 Å². The van der Waals surface area contributed by atoms with Gasteiger partial charge in [-0.2, -0.15) is 4.40 Å². The molecule has 1 atom stereocenters.